The second kappa shape index (κ2) is 4.24. The first-order chi connectivity index (χ1) is 6.03. The summed E-state index contributed by atoms with van der Waals surface area (Å²) >= 11 is 0. The summed E-state index contributed by atoms with van der Waals surface area (Å²) in [6.45, 7) is 3.72. The number of sulfone groups is 1. The van der Waals surface area contributed by atoms with Gasteiger partial charge in [0, 0.05) is 0 Å². The van der Waals surface area contributed by atoms with Crippen LogP contribution in [0.1, 0.15) is 19.3 Å². The molecule has 4 heteroatoms. The summed E-state index contributed by atoms with van der Waals surface area (Å²) in [7, 11) is -2.75. The van der Waals surface area contributed by atoms with E-state index in [1.54, 1.807) is 0 Å². The molecule has 0 aromatic rings. The largest absolute Gasteiger partial charge is 0.392 e. The summed E-state index contributed by atoms with van der Waals surface area (Å²) in [5, 5.41) is 8.75. The van der Waals surface area contributed by atoms with Crippen LogP contribution in [0.15, 0.2) is 12.2 Å². The molecule has 0 spiro atoms. The van der Waals surface area contributed by atoms with E-state index in [1.807, 2.05) is 0 Å². The van der Waals surface area contributed by atoms with Crippen molar-refractivity contribution in [3.63, 3.8) is 0 Å². The van der Waals surface area contributed by atoms with Gasteiger partial charge in [0.1, 0.15) is 9.84 Å². The van der Waals surface area contributed by atoms with Crippen molar-refractivity contribution in [3.8, 4) is 0 Å². The molecule has 1 N–H and O–H groups in total. The van der Waals surface area contributed by atoms with Gasteiger partial charge in [0.15, 0.2) is 0 Å². The molecule has 0 unspecified atom stereocenters. The third kappa shape index (κ3) is 3.48. The Hall–Kier alpha value is -0.350. The van der Waals surface area contributed by atoms with Crippen molar-refractivity contribution in [2.24, 2.45) is 5.92 Å². The van der Waals surface area contributed by atoms with Crippen LogP contribution in [0.4, 0.5) is 0 Å². The van der Waals surface area contributed by atoms with Crippen LogP contribution >= 0.6 is 0 Å². The molecule has 76 valence electrons. The minimum Gasteiger partial charge on any atom is -0.392 e. The van der Waals surface area contributed by atoms with Crippen molar-refractivity contribution in [2.75, 3.05) is 18.1 Å². The maximum Gasteiger partial charge on any atom is 0.150 e. The average molecular weight is 204 g/mol. The highest BCUT2D eigenvalue weighted by Crippen LogP contribution is 2.24. The summed E-state index contributed by atoms with van der Waals surface area (Å²) < 4.78 is 22.2. The van der Waals surface area contributed by atoms with Gasteiger partial charge in [-0.05, 0) is 25.2 Å². The van der Waals surface area contributed by atoms with Crippen molar-refractivity contribution in [3.05, 3.63) is 12.2 Å². The molecule has 1 saturated heterocycles. The third-order valence-electron chi connectivity index (χ3n) is 2.48. The van der Waals surface area contributed by atoms with E-state index in [2.05, 4.69) is 6.58 Å². The van der Waals surface area contributed by atoms with Gasteiger partial charge in [0.05, 0.1) is 18.1 Å². The third-order valence-corrected chi connectivity index (χ3v) is 4.19. The number of hydrogen-bond donors (Lipinski definition) is 1. The van der Waals surface area contributed by atoms with Gasteiger partial charge in [0.2, 0.25) is 0 Å². The van der Waals surface area contributed by atoms with Gasteiger partial charge in [-0.2, -0.15) is 0 Å². The number of aliphatic hydroxyl groups is 1. The van der Waals surface area contributed by atoms with Crippen LogP contribution in [0, 0.1) is 5.92 Å². The Morgan fingerprint density at radius 2 is 1.92 bits per heavy atom. The summed E-state index contributed by atoms with van der Waals surface area (Å²) in [5.74, 6) is 1.01. The zero-order chi connectivity index (χ0) is 9.90. The summed E-state index contributed by atoms with van der Waals surface area (Å²) in [5.41, 5.74) is 0.810. The molecule has 0 aromatic heterocycles. The Kier molecular flexibility index (Phi) is 3.50. The zero-order valence-electron chi connectivity index (χ0n) is 7.70. The van der Waals surface area contributed by atoms with Gasteiger partial charge in [-0.25, -0.2) is 8.42 Å². The normalized spacial score (nSPS) is 22.8. The molecular formula is C9H16O3S. The van der Waals surface area contributed by atoms with Crippen molar-refractivity contribution in [1.29, 1.82) is 0 Å². The molecule has 1 rings (SSSR count). The summed E-state index contributed by atoms with van der Waals surface area (Å²) in [6.07, 6.45) is 2.22. The minimum atomic E-state index is -2.75. The second-order valence-electron chi connectivity index (χ2n) is 3.71. The molecule has 0 aliphatic carbocycles. The zero-order valence-corrected chi connectivity index (χ0v) is 8.52. The predicted molar refractivity (Wildman–Crippen MR) is 52.2 cm³/mol. The number of rotatable bonds is 3. The van der Waals surface area contributed by atoms with Crippen molar-refractivity contribution < 1.29 is 13.5 Å². The van der Waals surface area contributed by atoms with Crippen LogP contribution in [-0.2, 0) is 9.84 Å². The van der Waals surface area contributed by atoms with Crippen LogP contribution in [0.5, 0.6) is 0 Å². The molecule has 1 heterocycles. The Morgan fingerprint density at radius 1 is 1.38 bits per heavy atom. The summed E-state index contributed by atoms with van der Waals surface area (Å²) in [6, 6.07) is 0. The quantitative estimate of drug-likeness (QED) is 0.690. The van der Waals surface area contributed by atoms with Crippen LogP contribution in [0.2, 0.25) is 0 Å². The van der Waals surface area contributed by atoms with Crippen molar-refractivity contribution in [2.45, 2.75) is 19.3 Å². The lowest BCUT2D eigenvalue weighted by Crippen LogP contribution is -2.23. The monoisotopic (exact) mass is 204 g/mol. The Morgan fingerprint density at radius 3 is 2.38 bits per heavy atom. The molecule has 13 heavy (non-hydrogen) atoms. The Balaban J connectivity index is 2.38. The van der Waals surface area contributed by atoms with E-state index in [4.69, 9.17) is 5.11 Å². The van der Waals surface area contributed by atoms with Gasteiger partial charge in [-0.1, -0.05) is 12.2 Å². The molecule has 0 atom stereocenters. The summed E-state index contributed by atoms with van der Waals surface area (Å²) in [4.78, 5) is 0. The van der Waals surface area contributed by atoms with E-state index in [-0.39, 0.29) is 6.61 Å². The molecular weight excluding hydrogens is 188 g/mol. The molecule has 0 saturated carbocycles. The molecule has 1 aliphatic heterocycles. The Labute approximate surface area is 79.4 Å². The fourth-order valence-electron chi connectivity index (χ4n) is 1.62. The smallest absolute Gasteiger partial charge is 0.150 e. The van der Waals surface area contributed by atoms with E-state index in [0.717, 1.165) is 24.8 Å². The number of hydrogen-bond acceptors (Lipinski definition) is 3. The molecule has 0 amide bonds. The van der Waals surface area contributed by atoms with Gasteiger partial charge in [-0.3, -0.25) is 0 Å². The minimum absolute atomic E-state index is 0.0171. The highest BCUT2D eigenvalue weighted by molar-refractivity contribution is 7.91. The Bertz CT molecular complexity index is 265. The maximum atomic E-state index is 11.1. The van der Waals surface area contributed by atoms with Crippen LogP contribution < -0.4 is 0 Å². The lowest BCUT2D eigenvalue weighted by atomic mass is 9.95. The van der Waals surface area contributed by atoms with Gasteiger partial charge in [0.25, 0.3) is 0 Å². The van der Waals surface area contributed by atoms with E-state index < -0.39 is 9.84 Å². The van der Waals surface area contributed by atoms with Gasteiger partial charge < -0.3 is 5.11 Å². The van der Waals surface area contributed by atoms with E-state index >= 15 is 0 Å². The lowest BCUT2D eigenvalue weighted by molar-refractivity contribution is 0.317. The molecule has 1 fully saturated rings. The predicted octanol–water partition coefficient (Wildman–Crippen LogP) is 0.750. The fourth-order valence-corrected chi connectivity index (χ4v) is 3.20. The first-order valence-corrected chi connectivity index (χ1v) is 6.33. The maximum absolute atomic E-state index is 11.1. The molecule has 0 bridgehead atoms. The number of aliphatic hydroxyl groups excluding tert-OH is 1. The van der Waals surface area contributed by atoms with Gasteiger partial charge in [-0.15, -0.1) is 0 Å². The standard InChI is InChI=1S/C9H16O3S/c1-8(7-10)6-9-2-4-13(11,12)5-3-9/h9-10H,1-7H2. The second-order valence-corrected chi connectivity index (χ2v) is 6.01. The van der Waals surface area contributed by atoms with Crippen LogP contribution in [0.25, 0.3) is 0 Å². The van der Waals surface area contributed by atoms with Crippen molar-refractivity contribution in [1.82, 2.24) is 0 Å². The highest BCUT2D eigenvalue weighted by atomic mass is 32.2. The SMILES string of the molecule is C=C(CO)CC1CCS(=O)(=O)CC1. The van der Waals surface area contributed by atoms with Crippen LogP contribution in [0.3, 0.4) is 0 Å². The lowest BCUT2D eigenvalue weighted by Gasteiger charge is -2.21. The molecule has 0 radical (unpaired) electrons. The first kappa shape index (κ1) is 10.7. The van der Waals surface area contributed by atoms with E-state index in [1.165, 1.54) is 0 Å². The topological polar surface area (TPSA) is 54.4 Å². The van der Waals surface area contributed by atoms with Crippen molar-refractivity contribution >= 4 is 9.84 Å². The first-order valence-electron chi connectivity index (χ1n) is 4.51. The fraction of sp³-hybridized carbons (Fsp3) is 0.778. The molecule has 3 nitrogen and oxygen atoms in total. The van der Waals surface area contributed by atoms with Crippen LogP contribution in [-0.4, -0.2) is 31.6 Å². The average Bonchev–Trinajstić information content (AvgIpc) is 2.08. The highest BCUT2D eigenvalue weighted by Gasteiger charge is 2.23. The van der Waals surface area contributed by atoms with E-state index in [0.29, 0.717) is 17.4 Å². The van der Waals surface area contributed by atoms with E-state index in [9.17, 15) is 8.42 Å². The van der Waals surface area contributed by atoms with Gasteiger partial charge >= 0.3 is 0 Å². The molecule has 0 aromatic carbocycles. The molecule has 1 aliphatic rings.